The molecular formula is C26H29BrN2O6S. The van der Waals surface area contributed by atoms with E-state index in [0.29, 0.717) is 31.7 Å². The van der Waals surface area contributed by atoms with E-state index in [1.807, 2.05) is 6.07 Å². The van der Waals surface area contributed by atoms with Crippen molar-refractivity contribution in [2.45, 2.75) is 36.6 Å². The molecule has 36 heavy (non-hydrogen) atoms. The van der Waals surface area contributed by atoms with Crippen LogP contribution in [0, 0.1) is 0 Å². The number of ether oxygens (including phenoxy) is 1. The number of Topliss-reactive ketones (excluding diaryl/α,β-unsaturated/α-hetero) is 1. The van der Waals surface area contributed by atoms with Gasteiger partial charge in [0.05, 0.1) is 16.5 Å². The number of likely N-dealkylation sites (tertiary alicyclic amines) is 1. The van der Waals surface area contributed by atoms with Crippen LogP contribution in [0.1, 0.15) is 42.9 Å². The monoisotopic (exact) mass is 576 g/mol. The third kappa shape index (κ3) is 5.27. The number of rotatable bonds is 8. The van der Waals surface area contributed by atoms with E-state index in [1.165, 1.54) is 33.5 Å². The van der Waals surface area contributed by atoms with Crippen LogP contribution in [0.5, 0.6) is 0 Å². The van der Waals surface area contributed by atoms with E-state index in [0.717, 1.165) is 23.7 Å². The van der Waals surface area contributed by atoms with E-state index in [-0.39, 0.29) is 28.3 Å². The Morgan fingerprint density at radius 1 is 1.08 bits per heavy atom. The van der Waals surface area contributed by atoms with Crippen molar-refractivity contribution in [1.82, 2.24) is 9.21 Å². The van der Waals surface area contributed by atoms with Crippen molar-refractivity contribution >= 4 is 43.4 Å². The number of carbonyl (C=O) groups is 2. The van der Waals surface area contributed by atoms with Crippen LogP contribution in [-0.4, -0.2) is 67.8 Å². The Kier molecular flexibility index (Phi) is 8.29. The van der Waals surface area contributed by atoms with E-state index in [1.54, 1.807) is 25.3 Å². The minimum atomic E-state index is -3.63. The van der Waals surface area contributed by atoms with E-state index < -0.39 is 27.8 Å². The number of ketones is 1. The molecule has 1 atom stereocenters. The first kappa shape index (κ1) is 26.5. The van der Waals surface area contributed by atoms with Gasteiger partial charge in [-0.05, 0) is 61.2 Å². The molecule has 2 aromatic carbocycles. The van der Waals surface area contributed by atoms with Gasteiger partial charge in [-0.2, -0.15) is 4.31 Å². The van der Waals surface area contributed by atoms with Crippen LogP contribution in [0.25, 0.3) is 5.76 Å². The number of piperidine rings is 1. The zero-order valence-electron chi connectivity index (χ0n) is 20.0. The summed E-state index contributed by atoms with van der Waals surface area (Å²) in [7, 11) is -2.07. The molecule has 2 aliphatic heterocycles. The standard InChI is InChI=1S/C26H29BrN2O6S/c1-35-16-6-15-29-23(19-7-5-8-20(27)17-19)22(25(31)26(29)32)24(30)18-9-11-21(12-10-18)36(33,34)28-13-3-2-4-14-28/h5,7-12,17,23,30H,2-4,6,13-16H2,1H3/b24-22+. The molecular weight excluding hydrogens is 548 g/mol. The lowest BCUT2D eigenvalue weighted by Crippen LogP contribution is -2.35. The van der Waals surface area contributed by atoms with Crippen molar-refractivity contribution in [3.05, 3.63) is 69.7 Å². The molecule has 0 aliphatic carbocycles. The lowest BCUT2D eigenvalue weighted by Gasteiger charge is -2.26. The summed E-state index contributed by atoms with van der Waals surface area (Å²) in [4.78, 5) is 27.7. The molecule has 1 N–H and O–H groups in total. The molecule has 2 saturated heterocycles. The molecule has 1 amide bonds. The molecule has 10 heteroatoms. The predicted molar refractivity (Wildman–Crippen MR) is 139 cm³/mol. The van der Waals surface area contributed by atoms with Crippen LogP contribution in [0.15, 0.2) is 63.5 Å². The fourth-order valence-electron chi connectivity index (χ4n) is 4.71. The highest BCUT2D eigenvalue weighted by molar-refractivity contribution is 9.10. The van der Waals surface area contributed by atoms with Crippen molar-refractivity contribution in [3.63, 3.8) is 0 Å². The van der Waals surface area contributed by atoms with Crippen LogP contribution in [0.3, 0.4) is 0 Å². The maximum atomic E-state index is 13.1. The topological polar surface area (TPSA) is 104 Å². The number of methoxy groups -OCH3 is 1. The van der Waals surface area contributed by atoms with E-state index >= 15 is 0 Å². The summed E-state index contributed by atoms with van der Waals surface area (Å²) in [5, 5.41) is 11.2. The highest BCUT2D eigenvalue weighted by Crippen LogP contribution is 2.40. The number of aliphatic hydroxyl groups is 1. The largest absolute Gasteiger partial charge is 0.507 e. The summed E-state index contributed by atoms with van der Waals surface area (Å²) in [6.45, 7) is 1.67. The fraction of sp³-hybridized carbons (Fsp3) is 0.385. The number of carbonyl (C=O) groups excluding carboxylic acids is 2. The van der Waals surface area contributed by atoms with Gasteiger partial charge in [-0.3, -0.25) is 9.59 Å². The molecule has 2 fully saturated rings. The van der Waals surface area contributed by atoms with E-state index in [9.17, 15) is 23.1 Å². The third-order valence-electron chi connectivity index (χ3n) is 6.53. The Morgan fingerprint density at radius 3 is 2.42 bits per heavy atom. The van der Waals surface area contributed by atoms with Crippen LogP contribution >= 0.6 is 15.9 Å². The minimum absolute atomic E-state index is 0.0258. The Bertz CT molecular complexity index is 1270. The van der Waals surface area contributed by atoms with E-state index in [4.69, 9.17) is 4.74 Å². The third-order valence-corrected chi connectivity index (χ3v) is 8.94. The Balaban J connectivity index is 1.72. The molecule has 2 heterocycles. The van der Waals surface area contributed by atoms with Crippen molar-refractivity contribution < 1.29 is 27.9 Å². The van der Waals surface area contributed by atoms with Crippen LogP contribution in [0.2, 0.25) is 0 Å². The quantitative estimate of drug-likeness (QED) is 0.220. The van der Waals surface area contributed by atoms with Gasteiger partial charge in [0.25, 0.3) is 11.7 Å². The summed E-state index contributed by atoms with van der Waals surface area (Å²) in [5.41, 5.74) is 0.913. The molecule has 4 rings (SSSR count). The lowest BCUT2D eigenvalue weighted by atomic mass is 9.95. The molecule has 0 radical (unpaired) electrons. The normalized spacial score (nSPS) is 20.7. The van der Waals surface area contributed by atoms with Gasteiger partial charge in [-0.1, -0.05) is 34.5 Å². The first-order valence-corrected chi connectivity index (χ1v) is 14.1. The van der Waals surface area contributed by atoms with Crippen molar-refractivity contribution in [2.24, 2.45) is 0 Å². The molecule has 2 aliphatic rings. The van der Waals surface area contributed by atoms with Crippen LogP contribution in [-0.2, 0) is 24.3 Å². The second-order valence-corrected chi connectivity index (χ2v) is 11.7. The van der Waals surface area contributed by atoms with Gasteiger partial charge in [-0.15, -0.1) is 0 Å². The summed E-state index contributed by atoms with van der Waals surface area (Å²) >= 11 is 3.44. The van der Waals surface area contributed by atoms with Crippen molar-refractivity contribution in [2.75, 3.05) is 33.4 Å². The molecule has 8 nitrogen and oxygen atoms in total. The van der Waals surface area contributed by atoms with Gasteiger partial charge in [-0.25, -0.2) is 8.42 Å². The maximum Gasteiger partial charge on any atom is 0.295 e. The number of amides is 1. The van der Waals surface area contributed by atoms with Gasteiger partial charge in [0.2, 0.25) is 10.0 Å². The molecule has 192 valence electrons. The smallest absolute Gasteiger partial charge is 0.295 e. The maximum absolute atomic E-state index is 13.1. The van der Waals surface area contributed by atoms with Crippen LogP contribution < -0.4 is 0 Å². The van der Waals surface area contributed by atoms with Crippen LogP contribution in [0.4, 0.5) is 0 Å². The highest BCUT2D eigenvalue weighted by atomic mass is 79.9. The van der Waals surface area contributed by atoms with Gasteiger partial charge in [0, 0.05) is 43.4 Å². The SMILES string of the molecule is COCCCN1C(=O)C(=O)/C(=C(/O)c2ccc(S(=O)(=O)N3CCCCC3)cc2)C1c1cccc(Br)c1. The zero-order chi connectivity index (χ0) is 25.9. The number of hydrogen-bond acceptors (Lipinski definition) is 6. The zero-order valence-corrected chi connectivity index (χ0v) is 22.4. The molecule has 1 unspecified atom stereocenters. The summed E-state index contributed by atoms with van der Waals surface area (Å²) < 4.78 is 33.3. The second-order valence-electron chi connectivity index (χ2n) is 8.88. The minimum Gasteiger partial charge on any atom is -0.507 e. The highest BCUT2D eigenvalue weighted by Gasteiger charge is 2.45. The van der Waals surface area contributed by atoms with Gasteiger partial charge >= 0.3 is 0 Å². The fourth-order valence-corrected chi connectivity index (χ4v) is 6.64. The van der Waals surface area contributed by atoms with Crippen molar-refractivity contribution in [1.29, 1.82) is 0 Å². The van der Waals surface area contributed by atoms with Gasteiger partial charge in [0.15, 0.2) is 0 Å². The summed E-state index contributed by atoms with van der Waals surface area (Å²) in [5.74, 6) is -1.81. The summed E-state index contributed by atoms with van der Waals surface area (Å²) in [6, 6.07) is 12.3. The average molecular weight is 577 g/mol. The molecule has 0 aromatic heterocycles. The molecule has 0 bridgehead atoms. The Labute approximate surface area is 219 Å². The first-order valence-electron chi connectivity index (χ1n) is 11.9. The number of hydrogen-bond donors (Lipinski definition) is 1. The molecule has 2 aromatic rings. The van der Waals surface area contributed by atoms with Gasteiger partial charge < -0.3 is 14.7 Å². The Hall–Kier alpha value is -2.53. The number of nitrogens with zero attached hydrogens (tertiary/aromatic N) is 2. The second kappa shape index (κ2) is 11.2. The lowest BCUT2D eigenvalue weighted by molar-refractivity contribution is -0.140. The number of halogens is 1. The predicted octanol–water partition coefficient (Wildman–Crippen LogP) is 4.08. The molecule has 0 saturated carbocycles. The van der Waals surface area contributed by atoms with E-state index in [2.05, 4.69) is 15.9 Å². The van der Waals surface area contributed by atoms with Gasteiger partial charge in [0.1, 0.15) is 5.76 Å². The number of sulfonamides is 1. The number of aliphatic hydroxyl groups excluding tert-OH is 1. The summed E-state index contributed by atoms with van der Waals surface area (Å²) in [6.07, 6.45) is 3.20. The number of benzene rings is 2. The Morgan fingerprint density at radius 2 is 1.78 bits per heavy atom. The van der Waals surface area contributed by atoms with Crippen molar-refractivity contribution in [3.8, 4) is 0 Å². The average Bonchev–Trinajstić information content (AvgIpc) is 3.14. The first-order chi connectivity index (χ1) is 17.3. The molecule has 0 spiro atoms.